The van der Waals surface area contributed by atoms with Gasteiger partial charge in [0.05, 0.1) is 10.5 Å². The van der Waals surface area contributed by atoms with Gasteiger partial charge in [-0.15, -0.1) is 0 Å². The Bertz CT molecular complexity index is 840. The monoisotopic (exact) mass is 289 g/mol. The molecular weight excluding hydrogens is 278 g/mol. The molecule has 5 nitrogen and oxygen atoms in total. The van der Waals surface area contributed by atoms with Gasteiger partial charge in [0.25, 0.3) is 0 Å². The van der Waals surface area contributed by atoms with E-state index in [0.717, 1.165) is 5.56 Å². The van der Waals surface area contributed by atoms with Gasteiger partial charge in [0.2, 0.25) is 11.5 Å². The number of rotatable bonds is 0. The third kappa shape index (κ3) is 1.80. The van der Waals surface area contributed by atoms with Crippen LogP contribution >= 0.6 is 0 Å². The molecule has 0 N–H and O–H groups in total. The maximum atomic E-state index is 12.5. The minimum atomic E-state index is -3.71. The number of nitrogens with zero attached hydrogens (tertiary/aromatic N) is 1. The summed E-state index contributed by atoms with van der Waals surface area (Å²) in [7, 11) is -3.71. The van der Waals surface area contributed by atoms with Gasteiger partial charge in [0, 0.05) is 11.6 Å². The molecule has 1 aliphatic heterocycles. The van der Waals surface area contributed by atoms with Crippen molar-refractivity contribution in [2.45, 2.75) is 17.6 Å². The summed E-state index contributed by atoms with van der Waals surface area (Å²) < 4.78 is 25.3. The van der Waals surface area contributed by atoms with Crippen molar-refractivity contribution in [2.75, 3.05) is 0 Å². The van der Waals surface area contributed by atoms with E-state index in [4.69, 9.17) is 0 Å². The van der Waals surface area contributed by atoms with E-state index in [9.17, 15) is 18.4 Å². The molecular formula is C14H11NO4S. The van der Waals surface area contributed by atoms with E-state index >= 15 is 0 Å². The van der Waals surface area contributed by atoms with Crippen LogP contribution in [0.1, 0.15) is 27.2 Å². The maximum absolute atomic E-state index is 12.5. The smallest absolute Gasteiger partial charge is 0.219 e. The Labute approximate surface area is 116 Å². The molecule has 3 rings (SSSR count). The van der Waals surface area contributed by atoms with Crippen molar-refractivity contribution in [3.05, 3.63) is 64.1 Å². The zero-order valence-electron chi connectivity index (χ0n) is 10.7. The van der Waals surface area contributed by atoms with Crippen LogP contribution in [-0.2, 0) is 15.6 Å². The zero-order valence-corrected chi connectivity index (χ0v) is 11.5. The molecule has 0 spiro atoms. The third-order valence-corrected chi connectivity index (χ3v) is 5.01. The number of pyridine rings is 1. The molecule has 2 heterocycles. The molecule has 0 unspecified atom stereocenters. The molecule has 0 amide bonds. The Hall–Kier alpha value is -2.21. The number of aryl methyl sites for hydroxylation is 1. The molecule has 1 aromatic carbocycles. The molecule has 0 atom stereocenters. The normalized spacial score (nSPS) is 16.1. The van der Waals surface area contributed by atoms with E-state index in [2.05, 4.69) is 0 Å². The van der Waals surface area contributed by atoms with Gasteiger partial charge in [-0.2, -0.15) is 4.73 Å². The maximum Gasteiger partial charge on any atom is 0.219 e. The molecule has 102 valence electrons. The Kier molecular flexibility index (Phi) is 2.65. The Morgan fingerprint density at radius 1 is 1.20 bits per heavy atom. The fourth-order valence-electron chi connectivity index (χ4n) is 2.35. The van der Waals surface area contributed by atoms with Crippen molar-refractivity contribution in [3.8, 4) is 0 Å². The highest BCUT2D eigenvalue weighted by atomic mass is 32.2. The quantitative estimate of drug-likeness (QED) is 0.538. The number of hydrogen-bond donors (Lipinski definition) is 0. The van der Waals surface area contributed by atoms with Gasteiger partial charge in [-0.3, -0.25) is 4.79 Å². The number of ketones is 1. The van der Waals surface area contributed by atoms with Crippen LogP contribution in [0.3, 0.4) is 0 Å². The predicted molar refractivity (Wildman–Crippen MR) is 70.9 cm³/mol. The summed E-state index contributed by atoms with van der Waals surface area (Å²) in [4.78, 5) is 12.5. The summed E-state index contributed by atoms with van der Waals surface area (Å²) in [6.45, 7) is 1.76. The first-order valence-electron chi connectivity index (χ1n) is 5.99. The van der Waals surface area contributed by atoms with E-state index in [1.165, 1.54) is 30.5 Å². The first kappa shape index (κ1) is 12.8. The number of aromatic nitrogens is 1. The molecule has 0 saturated carbocycles. The standard InChI is InChI=1S/C14H11NO4S/c1-9-4-5-11-13(7-9)20(18,19)8-12-10(14(11)16)3-2-6-15(12)17/h2-7H,8H2,1H3. The molecule has 2 aromatic rings. The van der Waals surface area contributed by atoms with Crippen LogP contribution in [-0.4, -0.2) is 14.2 Å². The summed E-state index contributed by atoms with van der Waals surface area (Å²) in [5, 5.41) is 11.8. The first-order chi connectivity index (χ1) is 9.40. The Balaban J connectivity index is 2.40. The van der Waals surface area contributed by atoms with Crippen LogP contribution < -0.4 is 4.73 Å². The lowest BCUT2D eigenvalue weighted by molar-refractivity contribution is -0.613. The van der Waals surface area contributed by atoms with Gasteiger partial charge < -0.3 is 5.21 Å². The predicted octanol–water partition coefficient (Wildman–Crippen LogP) is 1.15. The minimum absolute atomic E-state index is 0.00120. The van der Waals surface area contributed by atoms with Crippen molar-refractivity contribution >= 4 is 15.6 Å². The highest BCUT2D eigenvalue weighted by Gasteiger charge is 2.34. The van der Waals surface area contributed by atoms with E-state index in [1.54, 1.807) is 13.0 Å². The second-order valence-corrected chi connectivity index (χ2v) is 6.74. The summed E-state index contributed by atoms with van der Waals surface area (Å²) in [5.74, 6) is -0.893. The van der Waals surface area contributed by atoms with Crippen LogP contribution in [0.4, 0.5) is 0 Å². The lowest BCUT2D eigenvalue weighted by atomic mass is 10.0. The minimum Gasteiger partial charge on any atom is -0.618 e. The summed E-state index contributed by atoms with van der Waals surface area (Å²) in [6.07, 6.45) is 1.20. The number of sulfone groups is 1. The SMILES string of the molecule is Cc1ccc2c(c1)S(=O)(=O)Cc1c(ccc[n+]1[O-])C2=O. The van der Waals surface area contributed by atoms with Crippen LogP contribution in [0, 0.1) is 12.1 Å². The fraction of sp³-hybridized carbons (Fsp3) is 0.143. The van der Waals surface area contributed by atoms with E-state index < -0.39 is 21.4 Å². The zero-order chi connectivity index (χ0) is 14.5. The van der Waals surface area contributed by atoms with Gasteiger partial charge in [0.1, 0.15) is 5.75 Å². The molecule has 1 aromatic heterocycles. The number of carbonyl (C=O) groups is 1. The van der Waals surface area contributed by atoms with E-state index in [1.807, 2.05) is 0 Å². The highest BCUT2D eigenvalue weighted by Crippen LogP contribution is 2.28. The second kappa shape index (κ2) is 4.14. The van der Waals surface area contributed by atoms with Crippen LogP contribution in [0.15, 0.2) is 41.4 Å². The fourth-order valence-corrected chi connectivity index (χ4v) is 4.01. The van der Waals surface area contributed by atoms with Gasteiger partial charge in [-0.05, 0) is 30.7 Å². The van der Waals surface area contributed by atoms with Crippen LogP contribution in [0.25, 0.3) is 0 Å². The van der Waals surface area contributed by atoms with Gasteiger partial charge in [0.15, 0.2) is 16.0 Å². The molecule has 0 aliphatic carbocycles. The van der Waals surface area contributed by atoms with E-state index in [0.29, 0.717) is 4.73 Å². The van der Waals surface area contributed by atoms with Crippen LogP contribution in [0.5, 0.6) is 0 Å². The summed E-state index contributed by atoms with van der Waals surface area (Å²) in [5.41, 5.74) is 1.00. The summed E-state index contributed by atoms with van der Waals surface area (Å²) in [6, 6.07) is 7.59. The van der Waals surface area contributed by atoms with Gasteiger partial charge in [-0.1, -0.05) is 6.07 Å². The lowest BCUT2D eigenvalue weighted by Gasteiger charge is -2.05. The molecule has 0 radical (unpaired) electrons. The average Bonchev–Trinajstić information content (AvgIpc) is 2.47. The van der Waals surface area contributed by atoms with Crippen molar-refractivity contribution in [1.82, 2.24) is 0 Å². The summed E-state index contributed by atoms with van der Waals surface area (Å²) >= 11 is 0. The highest BCUT2D eigenvalue weighted by molar-refractivity contribution is 7.90. The number of fused-ring (bicyclic) bond motifs is 2. The molecule has 0 saturated heterocycles. The second-order valence-electron chi connectivity index (χ2n) is 4.78. The number of carbonyl (C=O) groups excluding carboxylic acids is 1. The van der Waals surface area contributed by atoms with Crippen molar-refractivity contribution in [3.63, 3.8) is 0 Å². The Morgan fingerprint density at radius 2 is 1.95 bits per heavy atom. The lowest BCUT2D eigenvalue weighted by Crippen LogP contribution is -2.34. The first-order valence-corrected chi connectivity index (χ1v) is 7.64. The largest absolute Gasteiger partial charge is 0.618 e. The van der Waals surface area contributed by atoms with Crippen molar-refractivity contribution < 1.29 is 17.9 Å². The van der Waals surface area contributed by atoms with Crippen molar-refractivity contribution in [2.24, 2.45) is 0 Å². The van der Waals surface area contributed by atoms with Crippen molar-refractivity contribution in [1.29, 1.82) is 0 Å². The molecule has 0 fully saturated rings. The van der Waals surface area contributed by atoms with Gasteiger partial charge >= 0.3 is 0 Å². The number of benzene rings is 1. The van der Waals surface area contributed by atoms with E-state index in [-0.39, 0.29) is 21.7 Å². The molecule has 20 heavy (non-hydrogen) atoms. The van der Waals surface area contributed by atoms with Gasteiger partial charge in [-0.25, -0.2) is 8.42 Å². The number of hydrogen-bond acceptors (Lipinski definition) is 4. The Morgan fingerprint density at radius 3 is 2.70 bits per heavy atom. The molecule has 0 bridgehead atoms. The van der Waals surface area contributed by atoms with Crippen LogP contribution in [0.2, 0.25) is 0 Å². The topological polar surface area (TPSA) is 78.2 Å². The molecule has 1 aliphatic rings. The molecule has 6 heteroatoms. The third-order valence-electron chi connectivity index (χ3n) is 3.35. The average molecular weight is 289 g/mol.